The number of nitrogens with zero attached hydrogens (tertiary/aromatic N) is 1. The third-order valence-electron chi connectivity index (χ3n) is 1.12. The van der Waals surface area contributed by atoms with Gasteiger partial charge in [0.1, 0.15) is 0 Å². The van der Waals surface area contributed by atoms with E-state index in [1.54, 1.807) is 6.92 Å². The van der Waals surface area contributed by atoms with Crippen LogP contribution in [0.15, 0.2) is 18.6 Å². The first kappa shape index (κ1) is 7.80. The zero-order chi connectivity index (χ0) is 8.43. The first-order valence-corrected chi connectivity index (χ1v) is 3.06. The molecule has 0 fully saturated rings. The summed E-state index contributed by atoms with van der Waals surface area (Å²) in [5.41, 5.74) is -2.23. The maximum absolute atomic E-state index is 10.4. The van der Waals surface area contributed by atoms with Gasteiger partial charge in [-0.05, 0) is 11.3 Å². The molecule has 0 saturated heterocycles. The Morgan fingerprint density at radius 2 is 1.91 bits per heavy atom. The largest absolute Gasteiger partial charge is 0.446 e. The molecule has 0 aliphatic heterocycles. The van der Waals surface area contributed by atoms with E-state index in [2.05, 4.69) is 9.05 Å². The Bertz CT molecular complexity index is 304. The van der Waals surface area contributed by atoms with E-state index >= 15 is 0 Å². The summed E-state index contributed by atoms with van der Waals surface area (Å²) in [6.07, 6.45) is -0.800. The number of rotatable bonds is 2. The standard InChI is InChI=1S/C5H7NO5/c1-2-3(7)6-10-4(8)5(9)11-6/h3,7H,2H2,1H3. The van der Waals surface area contributed by atoms with Crippen LogP contribution in [0, 0.1) is 0 Å². The van der Waals surface area contributed by atoms with Crippen LogP contribution < -0.4 is 11.3 Å². The van der Waals surface area contributed by atoms with Gasteiger partial charge < -0.3 is 5.11 Å². The quantitative estimate of drug-likeness (QED) is 0.579. The minimum atomic E-state index is -1.11. The number of aromatic nitrogens is 1. The van der Waals surface area contributed by atoms with Crippen LogP contribution in [0.5, 0.6) is 0 Å². The molecule has 11 heavy (non-hydrogen) atoms. The van der Waals surface area contributed by atoms with Gasteiger partial charge in [0.15, 0.2) is 6.23 Å². The minimum absolute atomic E-state index is 0.292. The van der Waals surface area contributed by atoms with Gasteiger partial charge in [-0.15, -0.1) is 0 Å². The average molecular weight is 161 g/mol. The molecule has 6 nitrogen and oxygen atoms in total. The van der Waals surface area contributed by atoms with Crippen LogP contribution in [0.3, 0.4) is 0 Å². The Hall–Kier alpha value is -1.30. The maximum atomic E-state index is 10.4. The molecule has 1 unspecified atom stereocenters. The number of hydrogen-bond acceptors (Lipinski definition) is 5. The van der Waals surface area contributed by atoms with E-state index in [9.17, 15) is 9.59 Å². The van der Waals surface area contributed by atoms with Crippen LogP contribution in [0.4, 0.5) is 0 Å². The second kappa shape index (κ2) is 2.75. The summed E-state index contributed by atoms with van der Waals surface area (Å²) in [5.74, 6) is 0. The Balaban J connectivity index is 3.07. The van der Waals surface area contributed by atoms with E-state index in [1.165, 1.54) is 0 Å². The molecule has 0 saturated carbocycles. The van der Waals surface area contributed by atoms with Crippen LogP contribution in [-0.2, 0) is 0 Å². The molecule has 1 N–H and O–H groups in total. The van der Waals surface area contributed by atoms with Gasteiger partial charge in [0, 0.05) is 0 Å². The Morgan fingerprint density at radius 3 is 2.27 bits per heavy atom. The smallest absolute Gasteiger partial charge is 0.368 e. The molecule has 0 aliphatic rings. The second-order valence-corrected chi connectivity index (χ2v) is 1.93. The van der Waals surface area contributed by atoms with E-state index in [4.69, 9.17) is 5.11 Å². The Labute approximate surface area is 60.6 Å². The van der Waals surface area contributed by atoms with Crippen LogP contribution in [0.1, 0.15) is 19.6 Å². The molecule has 0 bridgehead atoms. The zero-order valence-corrected chi connectivity index (χ0v) is 5.81. The lowest BCUT2D eigenvalue weighted by molar-refractivity contribution is -0.0739. The molecule has 1 atom stereocenters. The summed E-state index contributed by atoms with van der Waals surface area (Å²) >= 11 is 0. The molecular formula is C5H7NO5. The van der Waals surface area contributed by atoms with E-state index in [1.807, 2.05) is 0 Å². The molecular weight excluding hydrogens is 154 g/mol. The SMILES string of the molecule is CCC(O)n1oc(=O)c(=O)o1. The summed E-state index contributed by atoms with van der Waals surface area (Å²) in [7, 11) is 0. The van der Waals surface area contributed by atoms with Crippen molar-refractivity contribution in [3.63, 3.8) is 0 Å². The monoisotopic (exact) mass is 161 g/mol. The van der Waals surface area contributed by atoms with E-state index < -0.39 is 17.5 Å². The summed E-state index contributed by atoms with van der Waals surface area (Å²) in [5, 5.41) is 8.96. The molecule has 0 amide bonds. The molecule has 0 radical (unpaired) electrons. The molecule has 0 aromatic carbocycles. The van der Waals surface area contributed by atoms with Gasteiger partial charge in [-0.25, -0.2) is 9.59 Å². The highest BCUT2D eigenvalue weighted by Gasteiger charge is 2.11. The summed E-state index contributed by atoms with van der Waals surface area (Å²) in [6.45, 7) is 1.64. The fourth-order valence-electron chi connectivity index (χ4n) is 0.527. The predicted molar refractivity (Wildman–Crippen MR) is 33.1 cm³/mol. The van der Waals surface area contributed by atoms with Crippen molar-refractivity contribution in [1.29, 1.82) is 0 Å². The van der Waals surface area contributed by atoms with Crippen molar-refractivity contribution in [2.45, 2.75) is 19.6 Å². The minimum Gasteiger partial charge on any atom is -0.368 e. The summed E-state index contributed by atoms with van der Waals surface area (Å²) in [6, 6.07) is 0. The normalized spacial score (nSPS) is 13.3. The number of aliphatic hydroxyl groups is 1. The molecule has 0 spiro atoms. The molecule has 0 aliphatic carbocycles. The lowest BCUT2D eigenvalue weighted by Crippen LogP contribution is -2.14. The van der Waals surface area contributed by atoms with Crippen LogP contribution in [0.25, 0.3) is 0 Å². The maximum Gasteiger partial charge on any atom is 0.446 e. The average Bonchev–Trinajstić information content (AvgIpc) is 2.31. The molecule has 1 aromatic rings. The van der Waals surface area contributed by atoms with Gasteiger partial charge in [0.2, 0.25) is 0 Å². The third-order valence-corrected chi connectivity index (χ3v) is 1.12. The first-order chi connectivity index (χ1) is 5.15. The lowest BCUT2D eigenvalue weighted by atomic mass is 10.4. The Kier molecular flexibility index (Phi) is 1.95. The van der Waals surface area contributed by atoms with Crippen molar-refractivity contribution in [2.75, 3.05) is 0 Å². The van der Waals surface area contributed by atoms with Crippen LogP contribution >= 0.6 is 0 Å². The van der Waals surface area contributed by atoms with Crippen molar-refractivity contribution >= 4 is 0 Å². The van der Waals surface area contributed by atoms with Crippen LogP contribution in [-0.4, -0.2) is 10.0 Å². The van der Waals surface area contributed by atoms with Gasteiger partial charge in [-0.1, -0.05) is 6.92 Å². The fraction of sp³-hybridized carbons (Fsp3) is 0.600. The van der Waals surface area contributed by atoms with E-state index in [-0.39, 0.29) is 0 Å². The highest BCUT2D eigenvalue weighted by Crippen LogP contribution is 2.01. The van der Waals surface area contributed by atoms with Crippen LogP contribution in [0.2, 0.25) is 0 Å². The molecule has 6 heteroatoms. The molecule has 1 heterocycles. The summed E-state index contributed by atoms with van der Waals surface area (Å²) < 4.78 is 8.40. The molecule has 1 aromatic heterocycles. The van der Waals surface area contributed by atoms with Gasteiger partial charge in [0.25, 0.3) is 0 Å². The predicted octanol–water partition coefficient (Wildman–Crippen LogP) is -0.705. The zero-order valence-electron chi connectivity index (χ0n) is 5.81. The highest BCUT2D eigenvalue weighted by molar-refractivity contribution is 4.57. The van der Waals surface area contributed by atoms with Gasteiger partial charge in [-0.3, -0.25) is 9.05 Å². The third kappa shape index (κ3) is 1.40. The first-order valence-electron chi connectivity index (χ1n) is 3.06. The summed E-state index contributed by atoms with van der Waals surface area (Å²) in [4.78, 5) is 21.2. The van der Waals surface area contributed by atoms with E-state index in [0.717, 1.165) is 0 Å². The topological polar surface area (TPSA) is 85.6 Å². The van der Waals surface area contributed by atoms with Crippen molar-refractivity contribution in [3.05, 3.63) is 20.8 Å². The highest BCUT2D eigenvalue weighted by atomic mass is 16.8. The van der Waals surface area contributed by atoms with Gasteiger partial charge in [-0.2, -0.15) is 0 Å². The molecule has 1 rings (SSSR count). The van der Waals surface area contributed by atoms with E-state index in [0.29, 0.717) is 11.3 Å². The molecule has 62 valence electrons. The van der Waals surface area contributed by atoms with Crippen molar-refractivity contribution in [2.24, 2.45) is 0 Å². The lowest BCUT2D eigenvalue weighted by Gasteiger charge is -2.01. The number of hydrogen-bond donors (Lipinski definition) is 1. The van der Waals surface area contributed by atoms with Crippen molar-refractivity contribution in [3.8, 4) is 0 Å². The second-order valence-electron chi connectivity index (χ2n) is 1.93. The Morgan fingerprint density at radius 1 is 1.45 bits per heavy atom. The number of aliphatic hydroxyl groups excluding tert-OH is 1. The van der Waals surface area contributed by atoms with Crippen molar-refractivity contribution in [1.82, 2.24) is 4.91 Å². The van der Waals surface area contributed by atoms with Gasteiger partial charge in [0.05, 0.1) is 0 Å². The fourth-order valence-corrected chi connectivity index (χ4v) is 0.527. The van der Waals surface area contributed by atoms with Gasteiger partial charge >= 0.3 is 11.3 Å². The van der Waals surface area contributed by atoms with Crippen molar-refractivity contribution < 1.29 is 14.2 Å².